The van der Waals surface area contributed by atoms with Crippen molar-refractivity contribution in [1.29, 1.82) is 0 Å². The maximum Gasteiger partial charge on any atom is 0.152 e. The highest BCUT2D eigenvalue weighted by Gasteiger charge is 2.33. The smallest absolute Gasteiger partial charge is 0.152 e. The van der Waals surface area contributed by atoms with E-state index in [4.69, 9.17) is 0 Å². The average Bonchev–Trinajstić information content (AvgIpc) is 2.93. The van der Waals surface area contributed by atoms with Gasteiger partial charge in [-0.05, 0) is 25.8 Å². The minimum absolute atomic E-state index is 0.0236. The quantitative estimate of drug-likeness (QED) is 0.670. The summed E-state index contributed by atoms with van der Waals surface area (Å²) in [6, 6.07) is -0.0236. The largest absolute Gasteiger partial charge is 0.316 e. The first-order chi connectivity index (χ1) is 7.23. The van der Waals surface area contributed by atoms with Crippen LogP contribution in [0.1, 0.15) is 12.8 Å². The second-order valence-electron chi connectivity index (χ2n) is 4.48. The first-order valence-electron chi connectivity index (χ1n) is 5.29. The van der Waals surface area contributed by atoms with Crippen LogP contribution in [0.15, 0.2) is 0 Å². The summed E-state index contributed by atoms with van der Waals surface area (Å²) >= 11 is 0. The number of rotatable bonds is 7. The molecule has 1 aliphatic carbocycles. The second-order valence-corrected chi connectivity index (χ2v) is 8.97. The van der Waals surface area contributed by atoms with Crippen LogP contribution < -0.4 is 5.32 Å². The molecule has 16 heavy (non-hydrogen) atoms. The molecule has 1 unspecified atom stereocenters. The molecular formula is C9H19NO4S2. The average molecular weight is 269 g/mol. The van der Waals surface area contributed by atoms with Gasteiger partial charge in [0, 0.05) is 12.3 Å². The Labute approximate surface area is 97.5 Å². The maximum absolute atomic E-state index is 11.7. The summed E-state index contributed by atoms with van der Waals surface area (Å²) in [5, 5.41) is 2.99. The summed E-state index contributed by atoms with van der Waals surface area (Å²) in [5.41, 5.74) is 0. The lowest BCUT2D eigenvalue weighted by Crippen LogP contribution is -2.36. The van der Waals surface area contributed by atoms with E-state index in [2.05, 4.69) is 5.32 Å². The Kier molecular flexibility index (Phi) is 4.36. The van der Waals surface area contributed by atoms with Crippen LogP contribution in [0.25, 0.3) is 0 Å². The summed E-state index contributed by atoms with van der Waals surface area (Å²) in [6.07, 6.45) is 3.18. The third-order valence-electron chi connectivity index (χ3n) is 2.76. The summed E-state index contributed by atoms with van der Waals surface area (Å²) in [5.74, 6) is -0.0605. The lowest BCUT2D eigenvalue weighted by atomic mass is 10.2. The first kappa shape index (κ1) is 13.9. The molecule has 1 saturated carbocycles. The molecule has 0 amide bonds. The Morgan fingerprint density at radius 2 is 1.75 bits per heavy atom. The molecule has 0 spiro atoms. The van der Waals surface area contributed by atoms with E-state index in [1.165, 1.54) is 0 Å². The standard InChI is InChI=1S/C9H19NO4S2/c1-10-9(8-3-4-8)7-16(13,14)6-5-15(2,11)12/h8-10H,3-7H2,1-2H3. The summed E-state index contributed by atoms with van der Waals surface area (Å²) in [6.45, 7) is 0. The molecule has 1 aliphatic rings. The van der Waals surface area contributed by atoms with Crippen molar-refractivity contribution in [3.05, 3.63) is 0 Å². The number of hydrogen-bond donors (Lipinski definition) is 1. The minimum Gasteiger partial charge on any atom is -0.316 e. The number of hydrogen-bond acceptors (Lipinski definition) is 5. The van der Waals surface area contributed by atoms with E-state index in [9.17, 15) is 16.8 Å². The van der Waals surface area contributed by atoms with Crippen LogP contribution in [-0.2, 0) is 19.7 Å². The molecule has 1 N–H and O–H groups in total. The fraction of sp³-hybridized carbons (Fsp3) is 1.00. The summed E-state index contributed by atoms with van der Waals surface area (Å²) < 4.78 is 45.1. The zero-order chi connectivity index (χ0) is 12.4. The molecule has 1 fully saturated rings. The lowest BCUT2D eigenvalue weighted by Gasteiger charge is -2.15. The van der Waals surface area contributed by atoms with Gasteiger partial charge in [0.15, 0.2) is 9.84 Å². The Morgan fingerprint density at radius 3 is 2.12 bits per heavy atom. The van der Waals surface area contributed by atoms with Crippen LogP contribution in [0.2, 0.25) is 0 Å². The molecule has 0 saturated heterocycles. The molecular weight excluding hydrogens is 250 g/mol. The Balaban J connectivity index is 2.50. The van der Waals surface area contributed by atoms with Crippen molar-refractivity contribution in [2.24, 2.45) is 5.92 Å². The van der Waals surface area contributed by atoms with Crippen molar-refractivity contribution in [1.82, 2.24) is 5.32 Å². The van der Waals surface area contributed by atoms with E-state index >= 15 is 0 Å². The fourth-order valence-corrected chi connectivity index (χ4v) is 4.97. The molecule has 0 aliphatic heterocycles. The second kappa shape index (κ2) is 5.01. The van der Waals surface area contributed by atoms with Gasteiger partial charge < -0.3 is 5.32 Å². The zero-order valence-corrected chi connectivity index (χ0v) is 11.3. The molecule has 0 aromatic carbocycles. The van der Waals surface area contributed by atoms with Crippen molar-refractivity contribution >= 4 is 19.7 Å². The van der Waals surface area contributed by atoms with Crippen LogP contribution in [-0.4, -0.2) is 53.4 Å². The summed E-state index contributed by atoms with van der Waals surface area (Å²) in [7, 11) is -4.73. The monoisotopic (exact) mass is 269 g/mol. The van der Waals surface area contributed by atoms with Gasteiger partial charge in [-0.25, -0.2) is 16.8 Å². The van der Waals surface area contributed by atoms with E-state index in [0.717, 1.165) is 19.1 Å². The Hall–Kier alpha value is -0.140. The van der Waals surface area contributed by atoms with Crippen molar-refractivity contribution in [3.8, 4) is 0 Å². The van der Waals surface area contributed by atoms with E-state index in [-0.39, 0.29) is 23.3 Å². The van der Waals surface area contributed by atoms with E-state index < -0.39 is 19.7 Å². The van der Waals surface area contributed by atoms with Crippen molar-refractivity contribution in [2.75, 3.05) is 30.6 Å². The normalized spacial score (nSPS) is 19.6. The highest BCUT2D eigenvalue weighted by atomic mass is 32.2. The van der Waals surface area contributed by atoms with Crippen molar-refractivity contribution in [3.63, 3.8) is 0 Å². The van der Waals surface area contributed by atoms with Crippen LogP contribution in [0.4, 0.5) is 0 Å². The van der Waals surface area contributed by atoms with Gasteiger partial charge in [-0.3, -0.25) is 0 Å². The molecule has 0 radical (unpaired) electrons. The molecule has 7 heteroatoms. The highest BCUT2D eigenvalue weighted by Crippen LogP contribution is 2.33. The maximum atomic E-state index is 11.7. The van der Waals surface area contributed by atoms with Crippen LogP contribution >= 0.6 is 0 Å². The SMILES string of the molecule is CNC(CS(=O)(=O)CCS(C)(=O)=O)C1CC1. The molecule has 5 nitrogen and oxygen atoms in total. The molecule has 1 atom stereocenters. The third kappa shape index (κ3) is 5.27. The van der Waals surface area contributed by atoms with Gasteiger partial charge in [-0.1, -0.05) is 0 Å². The van der Waals surface area contributed by atoms with E-state index in [1.807, 2.05) is 0 Å². The molecule has 0 heterocycles. The van der Waals surface area contributed by atoms with Crippen molar-refractivity contribution < 1.29 is 16.8 Å². The van der Waals surface area contributed by atoms with E-state index in [0.29, 0.717) is 5.92 Å². The van der Waals surface area contributed by atoms with Gasteiger partial charge in [-0.15, -0.1) is 0 Å². The Bertz CT molecular complexity index is 422. The van der Waals surface area contributed by atoms with Crippen LogP contribution in [0.3, 0.4) is 0 Å². The summed E-state index contributed by atoms with van der Waals surface area (Å²) in [4.78, 5) is 0. The molecule has 0 aromatic rings. The number of nitrogens with one attached hydrogen (secondary N) is 1. The van der Waals surface area contributed by atoms with Gasteiger partial charge in [0.1, 0.15) is 9.84 Å². The lowest BCUT2D eigenvalue weighted by molar-refractivity contribution is 0.527. The van der Waals surface area contributed by atoms with E-state index in [1.54, 1.807) is 7.05 Å². The van der Waals surface area contributed by atoms with Crippen LogP contribution in [0.5, 0.6) is 0 Å². The van der Waals surface area contributed by atoms with Gasteiger partial charge in [0.25, 0.3) is 0 Å². The predicted octanol–water partition coefficient (Wildman–Crippen LogP) is -0.556. The van der Waals surface area contributed by atoms with Crippen LogP contribution in [0, 0.1) is 5.92 Å². The molecule has 1 rings (SSSR count). The predicted molar refractivity (Wildman–Crippen MR) is 63.9 cm³/mol. The minimum atomic E-state index is -3.27. The Morgan fingerprint density at radius 1 is 1.19 bits per heavy atom. The first-order valence-corrected chi connectivity index (χ1v) is 9.17. The molecule has 96 valence electrons. The highest BCUT2D eigenvalue weighted by molar-refractivity contribution is 7.94. The zero-order valence-electron chi connectivity index (χ0n) is 9.64. The van der Waals surface area contributed by atoms with Gasteiger partial charge in [-0.2, -0.15) is 0 Å². The van der Waals surface area contributed by atoms with Crippen molar-refractivity contribution in [2.45, 2.75) is 18.9 Å². The van der Waals surface area contributed by atoms with Gasteiger partial charge in [0.2, 0.25) is 0 Å². The third-order valence-corrected chi connectivity index (χ3v) is 5.66. The molecule has 0 bridgehead atoms. The molecule has 0 aromatic heterocycles. The van der Waals surface area contributed by atoms with Gasteiger partial charge in [0.05, 0.1) is 17.3 Å². The van der Waals surface area contributed by atoms with Gasteiger partial charge >= 0.3 is 0 Å². The topological polar surface area (TPSA) is 80.3 Å². The number of sulfone groups is 2. The fourth-order valence-electron chi connectivity index (χ4n) is 1.59.